The summed E-state index contributed by atoms with van der Waals surface area (Å²) < 4.78 is 29.5. The number of primary sulfonamides is 1. The molecule has 6 nitrogen and oxygen atoms in total. The van der Waals surface area contributed by atoms with Crippen LogP contribution < -0.4 is 15.2 Å². The Labute approximate surface area is 150 Å². The van der Waals surface area contributed by atoms with Gasteiger partial charge in [-0.25, -0.2) is 13.6 Å². The molecule has 0 saturated heterocycles. The van der Waals surface area contributed by atoms with Crippen molar-refractivity contribution in [3.63, 3.8) is 0 Å². The van der Waals surface area contributed by atoms with E-state index in [1.54, 1.807) is 6.07 Å². The summed E-state index contributed by atoms with van der Waals surface area (Å²) in [6.07, 6.45) is 7.23. The Morgan fingerprint density at radius 2 is 2.08 bits per heavy atom. The van der Waals surface area contributed by atoms with Crippen LogP contribution >= 0.6 is 0 Å². The second-order valence-corrected chi connectivity index (χ2v) is 8.06. The van der Waals surface area contributed by atoms with Crippen molar-refractivity contribution in [2.75, 3.05) is 13.6 Å². The van der Waals surface area contributed by atoms with E-state index in [4.69, 9.17) is 9.88 Å². The Kier molecular flexibility index (Phi) is 7.28. The van der Waals surface area contributed by atoms with Crippen LogP contribution in [0, 0.1) is 0 Å². The maximum Gasteiger partial charge on any atom is 0.247 e. The fourth-order valence-corrected chi connectivity index (χ4v) is 3.62. The van der Waals surface area contributed by atoms with Crippen LogP contribution in [-0.4, -0.2) is 32.4 Å². The molecular formula is C18H29N3O3S. The highest BCUT2D eigenvalue weighted by Crippen LogP contribution is 2.26. The standard InChI is InChI=1S/C18H29N3O3S/c1-3-4-5-6-7-18(25(19,22)23)24-15-8-9-17-16(12-15)14(13-21-17)10-11-20-2/h8-9,12-13,18,20-21H,3-7,10-11H2,1-2H3,(H2,19,22,23). The Bertz CT molecular complexity index is 771. The molecule has 7 heteroatoms. The number of likely N-dealkylation sites (N-methyl/N-ethyl adjacent to an activating group) is 1. The number of benzene rings is 1. The van der Waals surface area contributed by atoms with Gasteiger partial charge < -0.3 is 15.0 Å². The first kappa shape index (κ1) is 19.8. The Morgan fingerprint density at radius 3 is 2.76 bits per heavy atom. The molecule has 140 valence electrons. The van der Waals surface area contributed by atoms with E-state index in [0.29, 0.717) is 12.2 Å². The minimum atomic E-state index is -3.75. The zero-order valence-corrected chi connectivity index (χ0v) is 15.9. The topological polar surface area (TPSA) is 97.2 Å². The van der Waals surface area contributed by atoms with Gasteiger partial charge in [0.2, 0.25) is 15.5 Å². The van der Waals surface area contributed by atoms with Gasteiger partial charge in [-0.1, -0.05) is 26.2 Å². The summed E-state index contributed by atoms with van der Waals surface area (Å²) in [4.78, 5) is 3.23. The van der Waals surface area contributed by atoms with Crippen molar-refractivity contribution in [1.29, 1.82) is 0 Å². The fraction of sp³-hybridized carbons (Fsp3) is 0.556. The predicted molar refractivity (Wildman–Crippen MR) is 102 cm³/mol. The number of hydrogen-bond donors (Lipinski definition) is 3. The number of ether oxygens (including phenoxy) is 1. The summed E-state index contributed by atoms with van der Waals surface area (Å²) in [5.41, 5.74) is 1.18. The van der Waals surface area contributed by atoms with Crippen LogP contribution in [0.15, 0.2) is 24.4 Å². The van der Waals surface area contributed by atoms with Gasteiger partial charge in [-0.2, -0.15) is 0 Å². The van der Waals surface area contributed by atoms with Gasteiger partial charge >= 0.3 is 0 Å². The van der Waals surface area contributed by atoms with Gasteiger partial charge in [-0.05, 0) is 50.2 Å². The molecular weight excluding hydrogens is 338 g/mol. The molecule has 2 rings (SSSR count). The SMILES string of the molecule is CCCCCCC(Oc1ccc2[nH]cc(CCNC)c2c1)S(N)(=O)=O. The number of sulfonamides is 1. The molecule has 0 bridgehead atoms. The van der Waals surface area contributed by atoms with E-state index >= 15 is 0 Å². The average molecular weight is 368 g/mol. The first-order valence-corrected chi connectivity index (χ1v) is 10.5. The number of H-pyrrole nitrogens is 1. The van der Waals surface area contributed by atoms with Crippen molar-refractivity contribution < 1.29 is 13.2 Å². The van der Waals surface area contributed by atoms with Gasteiger partial charge in [0.25, 0.3) is 0 Å². The molecule has 25 heavy (non-hydrogen) atoms. The van der Waals surface area contributed by atoms with Crippen LogP contribution in [0.1, 0.15) is 44.6 Å². The van der Waals surface area contributed by atoms with Crippen molar-refractivity contribution in [2.24, 2.45) is 5.14 Å². The van der Waals surface area contributed by atoms with Gasteiger partial charge in [0, 0.05) is 23.5 Å². The maximum atomic E-state index is 11.9. The summed E-state index contributed by atoms with van der Waals surface area (Å²) in [5.74, 6) is 0.535. The number of aromatic amines is 1. The molecule has 1 atom stereocenters. The van der Waals surface area contributed by atoms with Crippen LogP contribution in [0.25, 0.3) is 10.9 Å². The van der Waals surface area contributed by atoms with Gasteiger partial charge in [-0.15, -0.1) is 0 Å². The summed E-state index contributed by atoms with van der Waals surface area (Å²) in [6.45, 7) is 2.99. The second-order valence-electron chi connectivity index (χ2n) is 6.36. The smallest absolute Gasteiger partial charge is 0.247 e. The van der Waals surface area contributed by atoms with Gasteiger partial charge in [-0.3, -0.25) is 0 Å². The summed E-state index contributed by atoms with van der Waals surface area (Å²) in [7, 11) is -1.84. The highest BCUT2D eigenvalue weighted by atomic mass is 32.2. The van der Waals surface area contributed by atoms with Crippen LogP contribution in [0.5, 0.6) is 5.75 Å². The Hall–Kier alpha value is -1.57. The average Bonchev–Trinajstić information content (AvgIpc) is 2.97. The summed E-state index contributed by atoms with van der Waals surface area (Å²) in [6, 6.07) is 5.58. The van der Waals surface area contributed by atoms with E-state index in [0.717, 1.165) is 49.6 Å². The second kappa shape index (κ2) is 9.22. The van der Waals surface area contributed by atoms with Crippen LogP contribution in [-0.2, 0) is 16.4 Å². The molecule has 0 aliphatic carbocycles. The zero-order chi connectivity index (χ0) is 18.3. The molecule has 0 amide bonds. The molecule has 0 spiro atoms. The lowest BCUT2D eigenvalue weighted by atomic mass is 10.1. The Morgan fingerprint density at radius 1 is 1.28 bits per heavy atom. The molecule has 0 radical (unpaired) electrons. The maximum absolute atomic E-state index is 11.9. The minimum Gasteiger partial charge on any atom is -0.473 e. The van der Waals surface area contributed by atoms with Crippen LogP contribution in [0.3, 0.4) is 0 Å². The molecule has 1 unspecified atom stereocenters. The van der Waals surface area contributed by atoms with E-state index in [1.165, 1.54) is 5.56 Å². The predicted octanol–water partition coefficient (Wildman–Crippen LogP) is 2.89. The summed E-state index contributed by atoms with van der Waals surface area (Å²) in [5, 5.41) is 9.54. The Balaban J connectivity index is 2.14. The van der Waals surface area contributed by atoms with Crippen molar-refractivity contribution in [3.8, 4) is 5.75 Å². The van der Waals surface area contributed by atoms with Gasteiger partial charge in [0.05, 0.1) is 0 Å². The number of unbranched alkanes of at least 4 members (excludes halogenated alkanes) is 3. The number of fused-ring (bicyclic) bond motifs is 1. The minimum absolute atomic E-state index is 0.413. The first-order chi connectivity index (χ1) is 12.0. The number of rotatable bonds is 11. The molecule has 0 aliphatic heterocycles. The molecule has 0 aliphatic rings. The van der Waals surface area contributed by atoms with Crippen molar-refractivity contribution in [3.05, 3.63) is 30.0 Å². The molecule has 0 fully saturated rings. The lowest BCUT2D eigenvalue weighted by Gasteiger charge is -2.17. The largest absolute Gasteiger partial charge is 0.473 e. The monoisotopic (exact) mass is 367 g/mol. The molecule has 1 aromatic carbocycles. The number of aromatic nitrogens is 1. The van der Waals surface area contributed by atoms with Crippen LogP contribution in [0.4, 0.5) is 0 Å². The molecule has 4 N–H and O–H groups in total. The lowest BCUT2D eigenvalue weighted by Crippen LogP contribution is -2.33. The first-order valence-electron chi connectivity index (χ1n) is 8.88. The van der Waals surface area contributed by atoms with E-state index in [2.05, 4.69) is 17.2 Å². The highest BCUT2D eigenvalue weighted by molar-refractivity contribution is 7.89. The van der Waals surface area contributed by atoms with Gasteiger partial charge in [0.1, 0.15) is 5.75 Å². The third-order valence-electron chi connectivity index (χ3n) is 4.31. The number of hydrogen-bond acceptors (Lipinski definition) is 4. The molecule has 1 aromatic heterocycles. The quantitative estimate of drug-likeness (QED) is 0.532. The summed E-state index contributed by atoms with van der Waals surface area (Å²) >= 11 is 0. The third-order valence-corrected chi connectivity index (χ3v) is 5.38. The fourth-order valence-electron chi connectivity index (χ4n) is 2.88. The molecule has 1 heterocycles. The van der Waals surface area contributed by atoms with E-state index in [1.807, 2.05) is 25.4 Å². The van der Waals surface area contributed by atoms with Gasteiger partial charge in [0.15, 0.2) is 0 Å². The van der Waals surface area contributed by atoms with Crippen molar-refractivity contribution >= 4 is 20.9 Å². The van der Waals surface area contributed by atoms with E-state index in [-0.39, 0.29) is 0 Å². The zero-order valence-electron chi connectivity index (χ0n) is 15.0. The van der Waals surface area contributed by atoms with E-state index < -0.39 is 15.5 Å². The highest BCUT2D eigenvalue weighted by Gasteiger charge is 2.23. The van der Waals surface area contributed by atoms with E-state index in [9.17, 15) is 8.42 Å². The molecule has 0 saturated carbocycles. The van der Waals surface area contributed by atoms with Crippen molar-refractivity contribution in [2.45, 2.75) is 50.9 Å². The number of nitrogens with one attached hydrogen (secondary N) is 2. The lowest BCUT2D eigenvalue weighted by molar-refractivity contribution is 0.257. The van der Waals surface area contributed by atoms with Crippen LogP contribution in [0.2, 0.25) is 0 Å². The third kappa shape index (κ3) is 5.73. The van der Waals surface area contributed by atoms with Crippen molar-refractivity contribution in [1.82, 2.24) is 10.3 Å². The molecule has 2 aromatic rings. The number of nitrogens with two attached hydrogens (primary N) is 1. The normalized spacial score (nSPS) is 13.2.